The van der Waals surface area contributed by atoms with E-state index < -0.39 is 23.5 Å². The number of urea groups is 1. The molecule has 2 fully saturated rings. The van der Waals surface area contributed by atoms with Gasteiger partial charge >= 0.3 is 6.03 Å². The molecular weight excluding hydrogens is 437 g/mol. The van der Waals surface area contributed by atoms with Crippen molar-refractivity contribution in [1.29, 1.82) is 5.41 Å². The molecule has 0 spiro atoms. The zero-order valence-electron chi connectivity index (χ0n) is 18.9. The Morgan fingerprint density at radius 1 is 1.24 bits per heavy atom. The third kappa shape index (κ3) is 5.29. The van der Waals surface area contributed by atoms with Gasteiger partial charge in [-0.05, 0) is 26.4 Å². The van der Waals surface area contributed by atoms with Crippen LogP contribution in [0.2, 0.25) is 0 Å². The molecule has 1 aromatic carbocycles. The summed E-state index contributed by atoms with van der Waals surface area (Å²) >= 11 is 0. The van der Waals surface area contributed by atoms with Crippen molar-refractivity contribution in [3.8, 4) is 0 Å². The van der Waals surface area contributed by atoms with Crippen molar-refractivity contribution < 1.29 is 22.8 Å². The molecule has 8 nitrogen and oxygen atoms in total. The fourth-order valence-corrected chi connectivity index (χ4v) is 4.45. The highest BCUT2D eigenvalue weighted by Crippen LogP contribution is 2.27. The van der Waals surface area contributed by atoms with Gasteiger partial charge in [-0.15, -0.1) is 0 Å². The molecule has 0 saturated carbocycles. The van der Waals surface area contributed by atoms with E-state index in [9.17, 15) is 22.8 Å². The third-order valence-corrected chi connectivity index (χ3v) is 6.04. The van der Waals surface area contributed by atoms with E-state index in [1.807, 2.05) is 25.9 Å². The topological polar surface area (TPSA) is 91.8 Å². The highest BCUT2D eigenvalue weighted by molar-refractivity contribution is 5.90. The lowest BCUT2D eigenvalue weighted by molar-refractivity contribution is -0.125. The average Bonchev–Trinajstić information content (AvgIpc) is 3.03. The van der Waals surface area contributed by atoms with Crippen molar-refractivity contribution in [2.75, 3.05) is 45.6 Å². The second-order valence-corrected chi connectivity index (χ2v) is 8.47. The van der Waals surface area contributed by atoms with E-state index in [2.05, 4.69) is 10.6 Å². The predicted octanol–water partition coefficient (Wildman–Crippen LogP) is 2.59. The van der Waals surface area contributed by atoms with Gasteiger partial charge < -0.3 is 30.7 Å². The Labute approximate surface area is 190 Å². The summed E-state index contributed by atoms with van der Waals surface area (Å²) in [4.78, 5) is 30.5. The van der Waals surface area contributed by atoms with Crippen molar-refractivity contribution in [3.63, 3.8) is 0 Å². The highest BCUT2D eigenvalue weighted by Gasteiger charge is 2.34. The number of nitrogens with one attached hydrogen (secondary N) is 3. The Balaban J connectivity index is 1.79. The van der Waals surface area contributed by atoms with Crippen LogP contribution in [0.5, 0.6) is 0 Å². The summed E-state index contributed by atoms with van der Waals surface area (Å²) in [5.41, 5.74) is 1.10. The normalized spacial score (nSPS) is 23.0. The Morgan fingerprint density at radius 2 is 1.91 bits per heavy atom. The number of allylic oxidation sites excluding steroid dienone is 1. The molecule has 33 heavy (non-hydrogen) atoms. The maximum absolute atomic E-state index is 13.5. The first kappa shape index (κ1) is 24.6. The maximum Gasteiger partial charge on any atom is 0.322 e. The minimum absolute atomic E-state index is 0.0399. The summed E-state index contributed by atoms with van der Waals surface area (Å²) in [6, 6.07) is 0.597. The zero-order chi connectivity index (χ0) is 24.3. The molecule has 2 saturated heterocycles. The van der Waals surface area contributed by atoms with Crippen molar-refractivity contribution in [3.05, 3.63) is 41.0 Å². The molecule has 0 bridgehead atoms. The first-order valence-corrected chi connectivity index (χ1v) is 10.8. The SMILES string of the molecule is CNCC1CC(=O)N(/C(C=N)=C2\CCN(C(=O)Nc3cc(F)c(F)c(F)c3)[C@@H](C)CN2C)C1. The van der Waals surface area contributed by atoms with Gasteiger partial charge in [0, 0.05) is 75.3 Å². The van der Waals surface area contributed by atoms with Crippen LogP contribution in [-0.2, 0) is 4.79 Å². The number of likely N-dealkylation sites (N-methyl/N-ethyl adjacent to an activating group) is 1. The van der Waals surface area contributed by atoms with Crippen LogP contribution in [0.3, 0.4) is 0 Å². The Kier molecular flexibility index (Phi) is 7.62. The molecule has 3 amide bonds. The van der Waals surface area contributed by atoms with E-state index in [0.29, 0.717) is 38.2 Å². The largest absolute Gasteiger partial charge is 0.374 e. The van der Waals surface area contributed by atoms with Crippen molar-refractivity contribution in [1.82, 2.24) is 20.0 Å². The van der Waals surface area contributed by atoms with Gasteiger partial charge in [0.25, 0.3) is 0 Å². The fourth-order valence-electron chi connectivity index (χ4n) is 4.45. The van der Waals surface area contributed by atoms with Crippen LogP contribution in [-0.4, -0.2) is 79.2 Å². The first-order chi connectivity index (χ1) is 15.7. The first-order valence-electron chi connectivity index (χ1n) is 10.8. The molecule has 180 valence electrons. The van der Waals surface area contributed by atoms with Gasteiger partial charge in [0.1, 0.15) is 0 Å². The Morgan fingerprint density at radius 3 is 2.52 bits per heavy atom. The van der Waals surface area contributed by atoms with E-state index in [0.717, 1.165) is 17.8 Å². The summed E-state index contributed by atoms with van der Waals surface area (Å²) in [6.45, 7) is 3.74. The molecule has 11 heteroatoms. The summed E-state index contributed by atoms with van der Waals surface area (Å²) in [5.74, 6) is -4.25. The molecule has 1 aromatic rings. The summed E-state index contributed by atoms with van der Waals surface area (Å²) in [5, 5.41) is 13.5. The molecule has 3 rings (SSSR count). The Bertz CT molecular complexity index is 946. The molecule has 0 aromatic heterocycles. The van der Waals surface area contributed by atoms with Gasteiger partial charge in [-0.2, -0.15) is 0 Å². The van der Waals surface area contributed by atoms with Crippen LogP contribution in [0.25, 0.3) is 0 Å². The molecule has 2 aliphatic heterocycles. The number of nitrogens with zero attached hydrogens (tertiary/aromatic N) is 3. The number of carbonyl (C=O) groups excluding carboxylic acids is 2. The standard InChI is InChI=1S/C22H29F3N6O2/c1-13-11-29(3)18(19(9-26)31-12-14(10-27-2)6-20(31)32)4-5-30(13)22(33)28-15-7-16(23)21(25)17(24)8-15/h7-9,13-14,26-27H,4-6,10-12H2,1-3H3,(H,28,33)/b19-18+,26-9?/t13-,14?/m0/s1. The monoisotopic (exact) mass is 466 g/mol. The zero-order valence-corrected chi connectivity index (χ0v) is 18.9. The van der Waals surface area contributed by atoms with Crippen molar-refractivity contribution >= 4 is 23.8 Å². The molecule has 2 aliphatic rings. The number of likely N-dealkylation sites (tertiary alicyclic amines) is 1. The number of amides is 3. The molecule has 2 heterocycles. The molecule has 0 aliphatic carbocycles. The number of hydrogen-bond donors (Lipinski definition) is 3. The van der Waals surface area contributed by atoms with E-state index >= 15 is 0 Å². The van der Waals surface area contributed by atoms with Gasteiger partial charge in [0.05, 0.1) is 5.70 Å². The number of hydrogen-bond acceptors (Lipinski definition) is 5. The lowest BCUT2D eigenvalue weighted by Crippen LogP contribution is -2.44. The van der Waals surface area contributed by atoms with Crippen LogP contribution >= 0.6 is 0 Å². The molecule has 3 N–H and O–H groups in total. The summed E-state index contributed by atoms with van der Waals surface area (Å²) < 4.78 is 40.2. The number of anilines is 1. The van der Waals surface area contributed by atoms with Crippen molar-refractivity contribution in [2.24, 2.45) is 5.92 Å². The second-order valence-electron chi connectivity index (χ2n) is 8.47. The smallest absolute Gasteiger partial charge is 0.322 e. The second kappa shape index (κ2) is 10.2. The summed E-state index contributed by atoms with van der Waals surface area (Å²) in [7, 11) is 3.67. The van der Waals surface area contributed by atoms with Gasteiger partial charge in [-0.3, -0.25) is 4.79 Å². The number of halogens is 3. The minimum Gasteiger partial charge on any atom is -0.374 e. The van der Waals surface area contributed by atoms with Gasteiger partial charge in [-0.25, -0.2) is 18.0 Å². The predicted molar refractivity (Wildman–Crippen MR) is 118 cm³/mol. The van der Waals surface area contributed by atoms with E-state index in [4.69, 9.17) is 5.41 Å². The van der Waals surface area contributed by atoms with Gasteiger partial charge in [-0.1, -0.05) is 0 Å². The lowest BCUT2D eigenvalue weighted by atomic mass is 10.1. The van der Waals surface area contributed by atoms with E-state index in [-0.39, 0.29) is 30.1 Å². The Hall–Kier alpha value is -3.08. The van der Waals surface area contributed by atoms with Crippen molar-refractivity contribution in [2.45, 2.75) is 25.8 Å². The minimum atomic E-state index is -1.60. The lowest BCUT2D eigenvalue weighted by Gasteiger charge is -2.29. The number of benzene rings is 1. The molecular formula is C22H29F3N6O2. The van der Waals surface area contributed by atoms with E-state index in [1.165, 1.54) is 11.1 Å². The van der Waals surface area contributed by atoms with Crippen LogP contribution in [0.1, 0.15) is 19.8 Å². The van der Waals surface area contributed by atoms with Crippen LogP contribution in [0, 0.1) is 28.8 Å². The van der Waals surface area contributed by atoms with Gasteiger partial charge in [0.15, 0.2) is 17.5 Å². The third-order valence-electron chi connectivity index (χ3n) is 6.04. The maximum atomic E-state index is 13.5. The molecule has 2 atom stereocenters. The van der Waals surface area contributed by atoms with Crippen LogP contribution < -0.4 is 10.6 Å². The van der Waals surface area contributed by atoms with Crippen LogP contribution in [0.4, 0.5) is 23.7 Å². The number of rotatable bonds is 5. The highest BCUT2D eigenvalue weighted by atomic mass is 19.2. The molecule has 1 unspecified atom stereocenters. The molecule has 0 radical (unpaired) electrons. The van der Waals surface area contributed by atoms with Crippen LogP contribution in [0.15, 0.2) is 23.5 Å². The average molecular weight is 467 g/mol. The number of carbonyl (C=O) groups is 2. The quantitative estimate of drug-likeness (QED) is 0.460. The van der Waals surface area contributed by atoms with E-state index in [1.54, 1.807) is 4.90 Å². The van der Waals surface area contributed by atoms with Gasteiger partial charge in [0.2, 0.25) is 5.91 Å². The summed E-state index contributed by atoms with van der Waals surface area (Å²) in [6.07, 6.45) is 1.96. The fraction of sp³-hybridized carbons (Fsp3) is 0.500.